The molecule has 0 spiro atoms. The Kier molecular flexibility index (Phi) is 7.91. The Labute approximate surface area is 363 Å². The van der Waals surface area contributed by atoms with E-state index in [0.29, 0.717) is 0 Å². The molecular weight excluding hydrogens is 765 g/mol. The van der Waals surface area contributed by atoms with Gasteiger partial charge in [0, 0.05) is 32.9 Å². The number of hydrogen-bond acceptors (Lipinski definition) is 1. The number of aromatic nitrogens is 2. The second-order valence-electron chi connectivity index (χ2n) is 16.5. The Morgan fingerprint density at radius 3 is 0.905 bits per heavy atom. The van der Waals surface area contributed by atoms with Crippen molar-refractivity contribution in [2.24, 2.45) is 0 Å². The maximum absolute atomic E-state index is 7.34. The van der Waals surface area contributed by atoms with Crippen LogP contribution in [0.25, 0.3) is 121 Å². The zero-order valence-electron chi connectivity index (χ0n) is 34.2. The van der Waals surface area contributed by atoms with E-state index in [1.807, 2.05) is 0 Å². The second-order valence-corrected chi connectivity index (χ2v) is 16.5. The Bertz CT molecular complexity index is 3510. The molecule has 0 fully saturated rings. The maximum Gasteiger partial charge on any atom is 0.145 e. The fourth-order valence-electron chi connectivity index (χ4n) is 10.0. The van der Waals surface area contributed by atoms with E-state index in [1.165, 1.54) is 44.5 Å². The van der Waals surface area contributed by atoms with Gasteiger partial charge in [-0.15, -0.1) is 0 Å². The average Bonchev–Trinajstić information content (AvgIpc) is 4.02. The van der Waals surface area contributed by atoms with E-state index in [2.05, 4.69) is 240 Å². The molecule has 0 aliphatic heterocycles. The lowest BCUT2D eigenvalue weighted by Gasteiger charge is -2.14. The van der Waals surface area contributed by atoms with Crippen molar-refractivity contribution in [3.8, 4) is 55.9 Å². The molecule has 3 heterocycles. The van der Waals surface area contributed by atoms with Gasteiger partial charge in [-0.3, -0.25) is 0 Å². The second kappa shape index (κ2) is 14.1. The van der Waals surface area contributed by atoms with Gasteiger partial charge in [-0.05, 0) is 117 Å². The highest BCUT2D eigenvalue weighted by molar-refractivity contribution is 6.29. The number of para-hydroxylation sites is 2. The van der Waals surface area contributed by atoms with Crippen LogP contribution in [-0.4, -0.2) is 9.13 Å². The molecule has 3 nitrogen and oxygen atoms in total. The number of benzene rings is 10. The summed E-state index contributed by atoms with van der Waals surface area (Å²) in [5.74, 6) is 0. The first kappa shape index (κ1) is 35.4. The molecule has 294 valence electrons. The van der Waals surface area contributed by atoms with Gasteiger partial charge in [0.1, 0.15) is 11.2 Å². The van der Waals surface area contributed by atoms with Crippen LogP contribution in [0.2, 0.25) is 0 Å². The van der Waals surface area contributed by atoms with Crippen molar-refractivity contribution >= 4 is 65.6 Å². The van der Waals surface area contributed by atoms with E-state index >= 15 is 0 Å². The van der Waals surface area contributed by atoms with Crippen LogP contribution < -0.4 is 0 Å². The van der Waals surface area contributed by atoms with E-state index in [9.17, 15) is 0 Å². The van der Waals surface area contributed by atoms with Gasteiger partial charge in [-0.1, -0.05) is 158 Å². The van der Waals surface area contributed by atoms with Crippen LogP contribution in [0.4, 0.5) is 0 Å². The fourth-order valence-corrected chi connectivity index (χ4v) is 10.0. The van der Waals surface area contributed by atoms with Crippen LogP contribution in [0, 0.1) is 0 Å². The molecule has 0 aliphatic rings. The third-order valence-electron chi connectivity index (χ3n) is 12.9. The summed E-state index contributed by atoms with van der Waals surface area (Å²) in [6.45, 7) is 0. The van der Waals surface area contributed by atoms with E-state index in [0.717, 1.165) is 76.9 Å². The van der Waals surface area contributed by atoms with Crippen molar-refractivity contribution in [1.29, 1.82) is 0 Å². The Balaban J connectivity index is 1.07. The molecule has 0 amide bonds. The third-order valence-corrected chi connectivity index (χ3v) is 12.9. The molecule has 0 saturated heterocycles. The summed E-state index contributed by atoms with van der Waals surface area (Å²) in [6.07, 6.45) is 0. The molecule has 13 rings (SSSR count). The van der Waals surface area contributed by atoms with Gasteiger partial charge in [0.15, 0.2) is 0 Å². The molecule has 0 aliphatic carbocycles. The number of rotatable bonds is 6. The molecule has 0 N–H and O–H groups in total. The van der Waals surface area contributed by atoms with Crippen LogP contribution in [0.3, 0.4) is 0 Å². The molecule has 63 heavy (non-hydrogen) atoms. The van der Waals surface area contributed by atoms with Gasteiger partial charge < -0.3 is 13.6 Å². The first-order chi connectivity index (χ1) is 31.2. The number of fused-ring (bicyclic) bond motifs is 11. The van der Waals surface area contributed by atoms with Crippen molar-refractivity contribution in [1.82, 2.24) is 9.13 Å². The minimum absolute atomic E-state index is 0.904. The standard InChI is InChI=1S/C60H38N2O/c1-5-17-39(18-6-1)43-33-44(40-19-7-2-8-20-40)36-47(35-43)61-53-27-15-13-25-51(53)57-55(61)31-29-49-50-30-32-56-58(60(50)63-59(49)57)52-26-14-16-28-54(52)62(56)48-37-45(41-21-9-3-10-22-41)34-46(38-48)42-23-11-4-12-24-42/h1-38H. The van der Waals surface area contributed by atoms with Gasteiger partial charge >= 0.3 is 0 Å². The van der Waals surface area contributed by atoms with Crippen molar-refractivity contribution in [3.63, 3.8) is 0 Å². The Hall–Kier alpha value is -8.40. The van der Waals surface area contributed by atoms with Gasteiger partial charge in [-0.25, -0.2) is 0 Å². The first-order valence-electron chi connectivity index (χ1n) is 21.6. The predicted molar refractivity (Wildman–Crippen MR) is 264 cm³/mol. The van der Waals surface area contributed by atoms with Crippen LogP contribution in [0.5, 0.6) is 0 Å². The average molecular weight is 803 g/mol. The van der Waals surface area contributed by atoms with Crippen molar-refractivity contribution in [2.45, 2.75) is 0 Å². The van der Waals surface area contributed by atoms with Gasteiger partial charge in [-0.2, -0.15) is 0 Å². The number of hydrogen-bond donors (Lipinski definition) is 0. The predicted octanol–water partition coefficient (Wildman–Crippen LogP) is 16.4. The van der Waals surface area contributed by atoms with Crippen molar-refractivity contribution < 1.29 is 4.42 Å². The minimum atomic E-state index is 0.904. The smallest absolute Gasteiger partial charge is 0.145 e. The van der Waals surface area contributed by atoms with E-state index in [4.69, 9.17) is 4.42 Å². The molecule has 10 aromatic carbocycles. The lowest BCUT2D eigenvalue weighted by molar-refractivity contribution is 0.677. The normalized spacial score (nSPS) is 11.8. The molecule has 0 bridgehead atoms. The van der Waals surface area contributed by atoms with Gasteiger partial charge in [0.2, 0.25) is 0 Å². The maximum atomic E-state index is 7.34. The lowest BCUT2D eigenvalue weighted by Crippen LogP contribution is -1.96. The number of furan rings is 1. The van der Waals surface area contributed by atoms with Crippen LogP contribution in [0.15, 0.2) is 235 Å². The molecular formula is C60H38N2O. The summed E-state index contributed by atoms with van der Waals surface area (Å²) in [4.78, 5) is 0. The zero-order chi connectivity index (χ0) is 41.4. The van der Waals surface area contributed by atoms with Crippen LogP contribution >= 0.6 is 0 Å². The van der Waals surface area contributed by atoms with Gasteiger partial charge in [0.25, 0.3) is 0 Å². The summed E-state index contributed by atoms with van der Waals surface area (Å²) < 4.78 is 12.2. The number of nitrogens with zero attached hydrogens (tertiary/aromatic N) is 2. The Morgan fingerprint density at radius 1 is 0.238 bits per heavy atom. The fraction of sp³-hybridized carbons (Fsp3) is 0. The molecule has 0 saturated carbocycles. The van der Waals surface area contributed by atoms with Crippen LogP contribution in [-0.2, 0) is 0 Å². The third kappa shape index (κ3) is 5.60. The first-order valence-corrected chi connectivity index (χ1v) is 21.6. The van der Waals surface area contributed by atoms with Crippen molar-refractivity contribution in [3.05, 3.63) is 231 Å². The highest BCUT2D eigenvalue weighted by Crippen LogP contribution is 2.46. The molecule has 0 radical (unpaired) electrons. The SMILES string of the molecule is c1ccc(-c2cc(-c3ccccc3)cc(-n3c4ccccc4c4c5oc6c(ccc7c6c6ccccc6n7-c6cc(-c7ccccc7)cc(-c7ccccc7)c6)c5ccc43)c2)cc1. The highest BCUT2D eigenvalue weighted by atomic mass is 16.3. The summed E-state index contributed by atoms with van der Waals surface area (Å²) >= 11 is 0. The summed E-state index contributed by atoms with van der Waals surface area (Å²) in [5.41, 5.74) is 17.9. The Morgan fingerprint density at radius 2 is 0.556 bits per heavy atom. The molecule has 13 aromatic rings. The monoisotopic (exact) mass is 802 g/mol. The van der Waals surface area contributed by atoms with E-state index in [1.54, 1.807) is 0 Å². The van der Waals surface area contributed by atoms with Crippen LogP contribution in [0.1, 0.15) is 0 Å². The quantitative estimate of drug-likeness (QED) is 0.164. The largest absolute Gasteiger partial charge is 0.455 e. The minimum Gasteiger partial charge on any atom is -0.455 e. The highest BCUT2D eigenvalue weighted by Gasteiger charge is 2.23. The molecule has 3 aromatic heterocycles. The topological polar surface area (TPSA) is 23.0 Å². The molecule has 3 heteroatoms. The summed E-state index contributed by atoms with van der Waals surface area (Å²) in [6, 6.07) is 83.3. The zero-order valence-corrected chi connectivity index (χ0v) is 34.2. The van der Waals surface area contributed by atoms with Crippen molar-refractivity contribution in [2.75, 3.05) is 0 Å². The summed E-state index contributed by atoms with van der Waals surface area (Å²) in [5, 5.41) is 6.78. The van der Waals surface area contributed by atoms with E-state index in [-0.39, 0.29) is 0 Å². The van der Waals surface area contributed by atoms with Gasteiger partial charge in [0.05, 0.1) is 32.8 Å². The summed E-state index contributed by atoms with van der Waals surface area (Å²) in [7, 11) is 0. The molecule has 0 unspecified atom stereocenters. The lowest BCUT2D eigenvalue weighted by atomic mass is 9.98. The molecule has 0 atom stereocenters. The van der Waals surface area contributed by atoms with E-state index < -0.39 is 0 Å².